The first-order chi connectivity index (χ1) is 12.2. The Kier molecular flexibility index (Phi) is 7.16. The molecule has 0 aliphatic carbocycles. The molecule has 1 fully saturated rings. The SMILES string of the molecule is CC(CNS(=O)(=O)c1cccc(C(=O)N(C)C)c1)CN1CCN(C)CC1. The van der Waals surface area contributed by atoms with Gasteiger partial charge in [0.2, 0.25) is 10.0 Å². The second kappa shape index (κ2) is 8.94. The molecule has 1 aliphatic rings. The van der Waals surface area contributed by atoms with Gasteiger partial charge in [-0.25, -0.2) is 13.1 Å². The minimum Gasteiger partial charge on any atom is -0.345 e. The number of piperazine rings is 1. The first kappa shape index (κ1) is 20.8. The molecular formula is C18H30N4O3S. The van der Waals surface area contributed by atoms with Gasteiger partial charge in [0, 0.05) is 58.9 Å². The molecule has 1 heterocycles. The van der Waals surface area contributed by atoms with Gasteiger partial charge >= 0.3 is 0 Å². The summed E-state index contributed by atoms with van der Waals surface area (Å²) < 4.78 is 27.8. The van der Waals surface area contributed by atoms with Gasteiger partial charge in [0.25, 0.3) is 5.91 Å². The van der Waals surface area contributed by atoms with E-state index < -0.39 is 10.0 Å². The van der Waals surface area contributed by atoms with Gasteiger partial charge in [-0.3, -0.25) is 4.79 Å². The number of amides is 1. The zero-order chi connectivity index (χ0) is 19.3. The molecule has 1 saturated heterocycles. The van der Waals surface area contributed by atoms with Crippen LogP contribution in [0.25, 0.3) is 0 Å². The molecule has 0 radical (unpaired) electrons. The third-order valence-corrected chi connectivity index (χ3v) is 6.01. The topological polar surface area (TPSA) is 73.0 Å². The number of nitrogens with zero attached hydrogens (tertiary/aromatic N) is 3. The Labute approximate surface area is 157 Å². The minimum atomic E-state index is -3.63. The van der Waals surface area contributed by atoms with Crippen LogP contribution in [0, 0.1) is 5.92 Å². The number of rotatable bonds is 7. The predicted octanol–water partition coefficient (Wildman–Crippen LogP) is 0.550. The van der Waals surface area contributed by atoms with E-state index >= 15 is 0 Å². The van der Waals surface area contributed by atoms with Gasteiger partial charge < -0.3 is 14.7 Å². The number of hydrogen-bond donors (Lipinski definition) is 1. The minimum absolute atomic E-state index is 0.122. The zero-order valence-corrected chi connectivity index (χ0v) is 16.9. The van der Waals surface area contributed by atoms with Gasteiger partial charge in [-0.05, 0) is 31.2 Å². The number of hydrogen-bond acceptors (Lipinski definition) is 5. The largest absolute Gasteiger partial charge is 0.345 e. The van der Waals surface area contributed by atoms with Crippen molar-refractivity contribution in [2.45, 2.75) is 11.8 Å². The molecule has 2 rings (SSSR count). The zero-order valence-electron chi connectivity index (χ0n) is 16.1. The van der Waals surface area contributed by atoms with Crippen LogP contribution in [-0.2, 0) is 10.0 Å². The Morgan fingerprint density at radius 2 is 1.88 bits per heavy atom. The summed E-state index contributed by atoms with van der Waals surface area (Å²) in [6, 6.07) is 6.16. The van der Waals surface area contributed by atoms with E-state index in [1.54, 1.807) is 26.2 Å². The average Bonchev–Trinajstić information content (AvgIpc) is 2.61. The maximum atomic E-state index is 12.6. The molecule has 8 heteroatoms. The second-order valence-corrected chi connectivity index (χ2v) is 9.06. The van der Waals surface area contributed by atoms with E-state index in [0.29, 0.717) is 12.1 Å². The molecule has 0 aromatic heterocycles. The van der Waals surface area contributed by atoms with Crippen LogP contribution in [0.2, 0.25) is 0 Å². The standard InChI is InChI=1S/C18H30N4O3S/c1-15(14-22-10-8-21(4)9-11-22)13-19-26(24,25)17-7-5-6-16(12-17)18(23)20(2)3/h5-7,12,15,19H,8-11,13-14H2,1-4H3. The highest BCUT2D eigenvalue weighted by Crippen LogP contribution is 2.13. The highest BCUT2D eigenvalue weighted by atomic mass is 32.2. The van der Waals surface area contributed by atoms with Crippen LogP contribution < -0.4 is 4.72 Å². The van der Waals surface area contributed by atoms with E-state index in [4.69, 9.17) is 0 Å². The molecule has 0 bridgehead atoms. The van der Waals surface area contributed by atoms with E-state index in [2.05, 4.69) is 21.6 Å². The lowest BCUT2D eigenvalue weighted by atomic mass is 10.1. The number of sulfonamides is 1. The summed E-state index contributed by atoms with van der Waals surface area (Å²) in [6.07, 6.45) is 0. The second-order valence-electron chi connectivity index (χ2n) is 7.29. The molecule has 1 aliphatic heterocycles. The third-order valence-electron chi connectivity index (χ3n) is 4.59. The quantitative estimate of drug-likeness (QED) is 0.746. The maximum absolute atomic E-state index is 12.6. The molecule has 7 nitrogen and oxygen atoms in total. The number of carbonyl (C=O) groups excluding carboxylic acids is 1. The van der Waals surface area contributed by atoms with Crippen molar-refractivity contribution in [3.8, 4) is 0 Å². The third kappa shape index (κ3) is 5.77. The molecule has 1 aromatic rings. The van der Waals surface area contributed by atoms with E-state index in [-0.39, 0.29) is 16.7 Å². The molecule has 26 heavy (non-hydrogen) atoms. The first-order valence-electron chi connectivity index (χ1n) is 8.91. The summed E-state index contributed by atoms with van der Waals surface area (Å²) in [4.78, 5) is 18.3. The van der Waals surface area contributed by atoms with Crippen LogP contribution in [0.3, 0.4) is 0 Å². The Morgan fingerprint density at radius 1 is 1.23 bits per heavy atom. The van der Waals surface area contributed by atoms with Crippen LogP contribution in [0.15, 0.2) is 29.2 Å². The summed E-state index contributed by atoms with van der Waals surface area (Å²) in [6.45, 7) is 7.42. The van der Waals surface area contributed by atoms with Gasteiger partial charge in [0.15, 0.2) is 0 Å². The Hall–Kier alpha value is -1.48. The van der Waals surface area contributed by atoms with Crippen LogP contribution in [0.4, 0.5) is 0 Å². The summed E-state index contributed by atoms with van der Waals surface area (Å²) in [5.41, 5.74) is 0.364. The van der Waals surface area contributed by atoms with Crippen LogP contribution in [0.5, 0.6) is 0 Å². The molecule has 146 valence electrons. The molecule has 1 aromatic carbocycles. The fourth-order valence-corrected chi connectivity index (χ4v) is 4.14. The molecule has 1 unspecified atom stereocenters. The molecule has 1 amide bonds. The van der Waals surface area contributed by atoms with E-state index in [9.17, 15) is 13.2 Å². The number of likely N-dealkylation sites (N-methyl/N-ethyl adjacent to an activating group) is 1. The lowest BCUT2D eigenvalue weighted by Gasteiger charge is -2.33. The number of nitrogens with one attached hydrogen (secondary N) is 1. The summed E-state index contributed by atoms with van der Waals surface area (Å²) in [5.74, 6) is -0.00902. The van der Waals surface area contributed by atoms with Gasteiger partial charge in [-0.1, -0.05) is 13.0 Å². The monoisotopic (exact) mass is 382 g/mol. The molecule has 0 spiro atoms. The lowest BCUT2D eigenvalue weighted by molar-refractivity contribution is 0.0827. The van der Waals surface area contributed by atoms with Crippen molar-refractivity contribution in [3.63, 3.8) is 0 Å². The Bertz CT molecular complexity index is 713. The number of benzene rings is 1. The predicted molar refractivity (Wildman–Crippen MR) is 103 cm³/mol. The van der Waals surface area contributed by atoms with Crippen LogP contribution in [0.1, 0.15) is 17.3 Å². The Balaban J connectivity index is 1.94. The van der Waals surface area contributed by atoms with Gasteiger partial charge in [0.1, 0.15) is 0 Å². The van der Waals surface area contributed by atoms with Crippen molar-refractivity contribution in [3.05, 3.63) is 29.8 Å². The average molecular weight is 383 g/mol. The van der Waals surface area contributed by atoms with Gasteiger partial charge in [0.05, 0.1) is 4.90 Å². The van der Waals surface area contributed by atoms with Crippen molar-refractivity contribution in [1.82, 2.24) is 19.4 Å². The first-order valence-corrected chi connectivity index (χ1v) is 10.4. The maximum Gasteiger partial charge on any atom is 0.253 e. The lowest BCUT2D eigenvalue weighted by Crippen LogP contribution is -2.46. The molecule has 1 N–H and O–H groups in total. The van der Waals surface area contributed by atoms with Crippen molar-refractivity contribution in [1.29, 1.82) is 0 Å². The van der Waals surface area contributed by atoms with E-state index in [1.165, 1.54) is 17.0 Å². The summed E-state index contributed by atoms with van der Waals surface area (Å²) in [5, 5.41) is 0. The highest BCUT2D eigenvalue weighted by molar-refractivity contribution is 7.89. The van der Waals surface area contributed by atoms with Gasteiger partial charge in [-0.15, -0.1) is 0 Å². The number of carbonyl (C=O) groups is 1. The van der Waals surface area contributed by atoms with Crippen molar-refractivity contribution in [2.24, 2.45) is 5.92 Å². The van der Waals surface area contributed by atoms with Crippen LogP contribution in [-0.4, -0.2) is 89.4 Å². The fraction of sp³-hybridized carbons (Fsp3) is 0.611. The fourth-order valence-electron chi connectivity index (χ4n) is 2.93. The normalized spacial score (nSPS) is 17.8. The van der Waals surface area contributed by atoms with E-state index in [0.717, 1.165) is 32.7 Å². The summed E-state index contributed by atoms with van der Waals surface area (Å²) in [7, 11) is 1.76. The Morgan fingerprint density at radius 3 is 2.50 bits per heavy atom. The van der Waals surface area contributed by atoms with Gasteiger partial charge in [-0.2, -0.15) is 0 Å². The van der Waals surface area contributed by atoms with Crippen molar-refractivity contribution >= 4 is 15.9 Å². The van der Waals surface area contributed by atoms with E-state index in [1.807, 2.05) is 6.92 Å². The molecule has 0 saturated carbocycles. The van der Waals surface area contributed by atoms with Crippen molar-refractivity contribution in [2.75, 3.05) is 60.4 Å². The molecule has 1 atom stereocenters. The summed E-state index contributed by atoms with van der Waals surface area (Å²) >= 11 is 0. The smallest absolute Gasteiger partial charge is 0.253 e. The molecular weight excluding hydrogens is 352 g/mol. The van der Waals surface area contributed by atoms with Crippen molar-refractivity contribution < 1.29 is 13.2 Å². The highest BCUT2D eigenvalue weighted by Gasteiger charge is 2.20. The van der Waals surface area contributed by atoms with Crippen LogP contribution >= 0.6 is 0 Å².